The van der Waals surface area contributed by atoms with Crippen molar-refractivity contribution < 1.29 is 4.79 Å². The number of nitrogens with two attached hydrogens (primary N) is 1. The molecule has 3 N–H and O–H groups in total. The normalized spacial score (nSPS) is 12.3. The average Bonchev–Trinajstić information content (AvgIpc) is 3.05. The Bertz CT molecular complexity index is 1210. The Morgan fingerprint density at radius 3 is 2.42 bits per heavy atom. The van der Waals surface area contributed by atoms with E-state index in [-0.39, 0.29) is 5.84 Å². The number of carbonyl (C=O) groups excluding carboxylic acids is 1. The molecule has 0 aliphatic rings. The van der Waals surface area contributed by atoms with E-state index in [0.29, 0.717) is 37.7 Å². The maximum absolute atomic E-state index is 11.5. The fourth-order valence-electron chi connectivity index (χ4n) is 2.97. The fourth-order valence-corrected chi connectivity index (χ4v) is 3.59. The number of nitrogens with zero attached hydrogens (tertiary/aromatic N) is 4. The standard InChI is InChI=1S/C21H17Cl3N6O/c1-11-18(21(27-10-25)28-12(2)20(26)31)29-30(17-8-7-15(23)9-16(17)24)19(11)13-3-5-14(22)6-4-13/h3-9,12H,1-2H3,(H2,26,31)(H,27,28). The summed E-state index contributed by atoms with van der Waals surface area (Å²) in [6, 6.07) is 11.5. The van der Waals surface area contributed by atoms with E-state index in [1.807, 2.05) is 19.1 Å². The van der Waals surface area contributed by atoms with Gasteiger partial charge in [0.2, 0.25) is 12.1 Å². The van der Waals surface area contributed by atoms with Gasteiger partial charge in [-0.05, 0) is 44.2 Å². The van der Waals surface area contributed by atoms with Crippen LogP contribution in [0.4, 0.5) is 0 Å². The van der Waals surface area contributed by atoms with Crippen molar-refractivity contribution >= 4 is 46.5 Å². The Balaban J connectivity index is 2.27. The summed E-state index contributed by atoms with van der Waals surface area (Å²) in [5.74, 6) is -0.480. The van der Waals surface area contributed by atoms with E-state index in [0.717, 1.165) is 5.56 Å². The molecule has 0 saturated carbocycles. The van der Waals surface area contributed by atoms with Crippen molar-refractivity contribution in [3.05, 3.63) is 68.8 Å². The van der Waals surface area contributed by atoms with E-state index in [1.165, 1.54) is 0 Å². The summed E-state index contributed by atoms with van der Waals surface area (Å²) in [6.07, 6.45) is 1.74. The molecule has 0 aliphatic carbocycles. The van der Waals surface area contributed by atoms with Crippen LogP contribution in [0.25, 0.3) is 16.9 Å². The van der Waals surface area contributed by atoms with Gasteiger partial charge in [0, 0.05) is 21.2 Å². The second-order valence-corrected chi connectivity index (χ2v) is 7.95. The summed E-state index contributed by atoms with van der Waals surface area (Å²) in [7, 11) is 0. The minimum atomic E-state index is -0.769. The number of carbonyl (C=O) groups is 1. The highest BCUT2D eigenvalue weighted by Gasteiger charge is 2.24. The number of amidine groups is 1. The first-order valence-corrected chi connectivity index (χ1v) is 10.2. The maximum Gasteiger partial charge on any atom is 0.239 e. The van der Waals surface area contributed by atoms with Gasteiger partial charge >= 0.3 is 0 Å². The van der Waals surface area contributed by atoms with Gasteiger partial charge in [-0.15, -0.1) is 0 Å². The minimum Gasteiger partial charge on any atom is -0.368 e. The number of aromatic nitrogens is 2. The van der Waals surface area contributed by atoms with Crippen LogP contribution in [0.1, 0.15) is 18.2 Å². The fraction of sp³-hybridized carbons (Fsp3) is 0.143. The summed E-state index contributed by atoms with van der Waals surface area (Å²) >= 11 is 18.6. The van der Waals surface area contributed by atoms with Gasteiger partial charge in [-0.1, -0.05) is 46.9 Å². The van der Waals surface area contributed by atoms with E-state index in [1.54, 1.807) is 48.1 Å². The third-order valence-electron chi connectivity index (χ3n) is 4.54. The highest BCUT2D eigenvalue weighted by molar-refractivity contribution is 6.35. The van der Waals surface area contributed by atoms with Crippen LogP contribution in [0.5, 0.6) is 0 Å². The van der Waals surface area contributed by atoms with Gasteiger partial charge < -0.3 is 11.1 Å². The van der Waals surface area contributed by atoms with E-state index in [4.69, 9.17) is 40.5 Å². The van der Waals surface area contributed by atoms with Crippen LogP contribution in [0.2, 0.25) is 15.1 Å². The number of amides is 1. The van der Waals surface area contributed by atoms with Gasteiger partial charge in [0.25, 0.3) is 0 Å². The van der Waals surface area contributed by atoms with Gasteiger partial charge in [-0.2, -0.15) is 15.4 Å². The molecule has 3 rings (SSSR count). The summed E-state index contributed by atoms with van der Waals surface area (Å²) < 4.78 is 1.63. The Morgan fingerprint density at radius 2 is 1.84 bits per heavy atom. The van der Waals surface area contributed by atoms with Crippen molar-refractivity contribution in [2.24, 2.45) is 10.7 Å². The van der Waals surface area contributed by atoms with Crippen LogP contribution in [-0.4, -0.2) is 27.6 Å². The number of primary amides is 1. The monoisotopic (exact) mass is 474 g/mol. The molecular formula is C21H17Cl3N6O. The number of aliphatic imine (C=N–C) groups is 1. The number of nitrogens with one attached hydrogen (secondary N) is 1. The van der Waals surface area contributed by atoms with Crippen molar-refractivity contribution in [2.45, 2.75) is 19.9 Å². The first kappa shape index (κ1) is 22.6. The van der Waals surface area contributed by atoms with Gasteiger partial charge in [0.05, 0.1) is 16.4 Å². The third kappa shape index (κ3) is 4.83. The van der Waals surface area contributed by atoms with Crippen molar-refractivity contribution in [3.8, 4) is 23.1 Å². The number of nitriles is 1. The largest absolute Gasteiger partial charge is 0.368 e. The molecule has 0 spiro atoms. The topological polar surface area (TPSA) is 109 Å². The Kier molecular flexibility index (Phi) is 6.86. The summed E-state index contributed by atoms with van der Waals surface area (Å²) in [6.45, 7) is 3.40. The number of hydrogen-bond donors (Lipinski definition) is 2. The molecule has 31 heavy (non-hydrogen) atoms. The lowest BCUT2D eigenvalue weighted by Crippen LogP contribution is -2.42. The quantitative estimate of drug-likeness (QED) is 0.322. The molecule has 2 aromatic carbocycles. The van der Waals surface area contributed by atoms with Crippen LogP contribution < -0.4 is 11.1 Å². The Hall–Kier alpha value is -3.05. The predicted molar refractivity (Wildman–Crippen MR) is 123 cm³/mol. The predicted octanol–water partition coefficient (Wildman–Crippen LogP) is 4.50. The molecule has 0 radical (unpaired) electrons. The number of hydrogen-bond acceptors (Lipinski definition) is 4. The number of benzene rings is 2. The molecule has 1 heterocycles. The van der Waals surface area contributed by atoms with Crippen LogP contribution in [-0.2, 0) is 4.79 Å². The lowest BCUT2D eigenvalue weighted by Gasteiger charge is -2.12. The summed E-state index contributed by atoms with van der Waals surface area (Å²) in [5.41, 5.74) is 8.51. The van der Waals surface area contributed by atoms with E-state index < -0.39 is 11.9 Å². The zero-order valence-electron chi connectivity index (χ0n) is 16.5. The number of rotatable bonds is 5. The van der Waals surface area contributed by atoms with Crippen LogP contribution in [0.15, 0.2) is 47.5 Å². The van der Waals surface area contributed by atoms with Gasteiger partial charge in [0.1, 0.15) is 11.7 Å². The van der Waals surface area contributed by atoms with Crippen LogP contribution >= 0.6 is 34.8 Å². The van der Waals surface area contributed by atoms with E-state index >= 15 is 0 Å². The first-order valence-electron chi connectivity index (χ1n) is 9.07. The highest BCUT2D eigenvalue weighted by Crippen LogP contribution is 2.33. The molecule has 158 valence electrons. The summed E-state index contributed by atoms with van der Waals surface area (Å²) in [5, 5.41) is 18.1. The van der Waals surface area contributed by atoms with Crippen LogP contribution in [0, 0.1) is 18.4 Å². The van der Waals surface area contributed by atoms with Crippen LogP contribution in [0.3, 0.4) is 0 Å². The molecule has 3 aromatic rings. The Morgan fingerprint density at radius 1 is 1.19 bits per heavy atom. The van der Waals surface area contributed by atoms with Crippen molar-refractivity contribution in [2.75, 3.05) is 0 Å². The Labute approximate surface area is 194 Å². The van der Waals surface area contributed by atoms with Crippen molar-refractivity contribution in [1.29, 1.82) is 5.26 Å². The lowest BCUT2D eigenvalue weighted by atomic mass is 10.1. The average molecular weight is 476 g/mol. The molecule has 0 saturated heterocycles. The smallest absolute Gasteiger partial charge is 0.239 e. The molecule has 1 unspecified atom stereocenters. The molecule has 0 fully saturated rings. The highest BCUT2D eigenvalue weighted by atomic mass is 35.5. The lowest BCUT2D eigenvalue weighted by molar-refractivity contribution is -0.119. The molecule has 0 aliphatic heterocycles. The molecule has 10 heteroatoms. The maximum atomic E-state index is 11.5. The van der Waals surface area contributed by atoms with Crippen molar-refractivity contribution in [1.82, 2.24) is 15.1 Å². The van der Waals surface area contributed by atoms with Gasteiger partial charge in [0.15, 0.2) is 5.84 Å². The molecule has 1 amide bonds. The van der Waals surface area contributed by atoms with Crippen molar-refractivity contribution in [3.63, 3.8) is 0 Å². The molecule has 1 aromatic heterocycles. The minimum absolute atomic E-state index is 0.116. The van der Waals surface area contributed by atoms with Gasteiger partial charge in [-0.25, -0.2) is 4.68 Å². The third-order valence-corrected chi connectivity index (χ3v) is 5.33. The molecule has 0 bridgehead atoms. The zero-order valence-corrected chi connectivity index (χ0v) is 18.8. The second kappa shape index (κ2) is 9.40. The van der Waals surface area contributed by atoms with E-state index in [9.17, 15) is 10.1 Å². The number of halogens is 3. The molecular weight excluding hydrogens is 459 g/mol. The zero-order chi connectivity index (χ0) is 22.7. The summed E-state index contributed by atoms with van der Waals surface area (Å²) in [4.78, 5) is 15.4. The van der Waals surface area contributed by atoms with Gasteiger partial charge in [-0.3, -0.25) is 4.79 Å². The van der Waals surface area contributed by atoms with E-state index in [2.05, 4.69) is 15.4 Å². The first-order chi connectivity index (χ1) is 14.7. The molecule has 7 nitrogen and oxygen atoms in total. The molecule has 1 atom stereocenters. The second-order valence-electron chi connectivity index (χ2n) is 6.67. The SMILES string of the molecule is Cc1c(C(=NC#N)NC(C)C(N)=O)nn(-c2ccc(Cl)cc2Cl)c1-c1ccc(Cl)cc1.